The predicted octanol–water partition coefficient (Wildman–Crippen LogP) is 3.71. The van der Waals surface area contributed by atoms with Crippen LogP contribution in [0.4, 0.5) is 5.69 Å². The van der Waals surface area contributed by atoms with E-state index in [1.165, 1.54) is 5.56 Å². The number of amides is 1. The fourth-order valence-corrected chi connectivity index (χ4v) is 2.96. The van der Waals surface area contributed by atoms with Gasteiger partial charge >= 0.3 is 0 Å². The van der Waals surface area contributed by atoms with Crippen LogP contribution >= 0.6 is 15.9 Å². The van der Waals surface area contributed by atoms with Crippen LogP contribution in [-0.4, -0.2) is 25.5 Å². The lowest BCUT2D eigenvalue weighted by Crippen LogP contribution is -2.24. The summed E-state index contributed by atoms with van der Waals surface area (Å²) in [6.07, 6.45) is 3.45. The van der Waals surface area contributed by atoms with Crippen LogP contribution in [0.1, 0.15) is 29.9 Å². The second-order valence-electron chi connectivity index (χ2n) is 5.99. The van der Waals surface area contributed by atoms with Crippen molar-refractivity contribution in [3.63, 3.8) is 0 Å². The molecule has 0 aliphatic heterocycles. The van der Waals surface area contributed by atoms with Gasteiger partial charge in [0, 0.05) is 6.20 Å². The summed E-state index contributed by atoms with van der Waals surface area (Å²) in [5.74, 6) is -0.124. The number of halogens is 1. The van der Waals surface area contributed by atoms with E-state index in [1.54, 1.807) is 17.1 Å². The molecule has 7 heteroatoms. The zero-order chi connectivity index (χ0) is 18.0. The Labute approximate surface area is 155 Å². The lowest BCUT2D eigenvalue weighted by atomic mass is 10.2. The fourth-order valence-electron chi connectivity index (χ4n) is 2.66. The molecule has 130 valence electrons. The van der Waals surface area contributed by atoms with Crippen LogP contribution < -0.4 is 5.32 Å². The van der Waals surface area contributed by atoms with E-state index in [9.17, 15) is 4.79 Å². The number of carbonyl (C=O) groups is 1. The lowest BCUT2D eigenvalue weighted by molar-refractivity contribution is -0.119. The van der Waals surface area contributed by atoms with Gasteiger partial charge in [0.1, 0.15) is 6.04 Å². The van der Waals surface area contributed by atoms with Crippen LogP contribution in [0.3, 0.4) is 0 Å². The van der Waals surface area contributed by atoms with Crippen LogP contribution in [0.25, 0.3) is 0 Å². The molecule has 1 aromatic carbocycles. The maximum absolute atomic E-state index is 12.6. The third kappa shape index (κ3) is 3.82. The van der Waals surface area contributed by atoms with E-state index in [-0.39, 0.29) is 5.91 Å². The number of nitrogens with zero attached hydrogens (tertiary/aromatic N) is 4. The van der Waals surface area contributed by atoms with E-state index in [1.807, 2.05) is 43.7 Å². The quantitative estimate of drug-likeness (QED) is 0.708. The molecule has 3 rings (SSSR count). The molecule has 0 radical (unpaired) electrons. The molecular weight excluding hydrogens is 382 g/mol. The Bertz CT molecular complexity index is 884. The zero-order valence-corrected chi connectivity index (χ0v) is 16.0. The summed E-state index contributed by atoms with van der Waals surface area (Å²) in [4.78, 5) is 12.6. The van der Waals surface area contributed by atoms with Gasteiger partial charge in [-0.3, -0.25) is 14.2 Å². The van der Waals surface area contributed by atoms with Crippen molar-refractivity contribution in [1.82, 2.24) is 19.6 Å². The van der Waals surface area contributed by atoms with Gasteiger partial charge in [-0.25, -0.2) is 0 Å². The number of hydrogen-bond acceptors (Lipinski definition) is 3. The summed E-state index contributed by atoms with van der Waals surface area (Å²) < 4.78 is 4.38. The highest BCUT2D eigenvalue weighted by atomic mass is 79.9. The first-order valence-corrected chi connectivity index (χ1v) is 8.83. The summed E-state index contributed by atoms with van der Waals surface area (Å²) in [5.41, 5.74) is 3.67. The molecule has 0 spiro atoms. The minimum Gasteiger partial charge on any atom is -0.321 e. The third-order valence-electron chi connectivity index (χ3n) is 4.15. The zero-order valence-electron chi connectivity index (χ0n) is 14.4. The highest BCUT2D eigenvalue weighted by Crippen LogP contribution is 2.22. The number of anilines is 1. The minimum absolute atomic E-state index is 0.124. The van der Waals surface area contributed by atoms with Gasteiger partial charge in [0.15, 0.2) is 0 Å². The van der Waals surface area contributed by atoms with Crippen molar-refractivity contribution in [3.05, 3.63) is 64.1 Å². The summed E-state index contributed by atoms with van der Waals surface area (Å²) >= 11 is 3.35. The lowest BCUT2D eigenvalue weighted by Gasteiger charge is -2.13. The number of aryl methyl sites for hydroxylation is 1. The molecule has 6 nitrogen and oxygen atoms in total. The Morgan fingerprint density at radius 3 is 2.64 bits per heavy atom. The van der Waals surface area contributed by atoms with E-state index < -0.39 is 6.04 Å². The molecule has 3 aromatic rings. The van der Waals surface area contributed by atoms with E-state index in [2.05, 4.69) is 43.6 Å². The van der Waals surface area contributed by atoms with Gasteiger partial charge < -0.3 is 5.32 Å². The molecule has 0 bridgehead atoms. The first kappa shape index (κ1) is 17.4. The standard InChI is InChI=1S/C18H20BrN5O/c1-12-17(21-18(25)14(3)23-11-16(19)9-20-23)13(2)24(22-12)10-15-7-5-4-6-8-15/h4-9,11,14H,10H2,1-3H3,(H,21,25). The van der Waals surface area contributed by atoms with Crippen LogP contribution in [0.2, 0.25) is 0 Å². The molecule has 0 saturated heterocycles. The van der Waals surface area contributed by atoms with Gasteiger partial charge in [-0.2, -0.15) is 10.2 Å². The average Bonchev–Trinajstić information content (AvgIpc) is 3.14. The van der Waals surface area contributed by atoms with Gasteiger partial charge in [-0.15, -0.1) is 0 Å². The summed E-state index contributed by atoms with van der Waals surface area (Å²) in [7, 11) is 0. The van der Waals surface area contributed by atoms with Crippen LogP contribution in [-0.2, 0) is 11.3 Å². The molecule has 1 amide bonds. The van der Waals surface area contributed by atoms with E-state index in [0.717, 1.165) is 21.5 Å². The Morgan fingerprint density at radius 2 is 2.00 bits per heavy atom. The first-order valence-electron chi connectivity index (χ1n) is 8.04. The second kappa shape index (κ2) is 7.23. The average molecular weight is 402 g/mol. The number of benzene rings is 1. The van der Waals surface area contributed by atoms with Crippen LogP contribution in [0, 0.1) is 13.8 Å². The molecule has 1 atom stereocenters. The fraction of sp³-hybridized carbons (Fsp3) is 0.278. The van der Waals surface area contributed by atoms with Crippen molar-refractivity contribution in [2.75, 3.05) is 5.32 Å². The second-order valence-corrected chi connectivity index (χ2v) is 6.91. The van der Waals surface area contributed by atoms with Gasteiger partial charge in [0.2, 0.25) is 5.91 Å². The predicted molar refractivity (Wildman–Crippen MR) is 101 cm³/mol. The minimum atomic E-state index is -0.414. The van der Waals surface area contributed by atoms with E-state index in [4.69, 9.17) is 0 Å². The Kier molecular flexibility index (Phi) is 5.03. The van der Waals surface area contributed by atoms with Crippen molar-refractivity contribution in [2.45, 2.75) is 33.4 Å². The molecule has 1 N–H and O–H groups in total. The number of nitrogens with one attached hydrogen (secondary N) is 1. The molecule has 2 heterocycles. The SMILES string of the molecule is Cc1nn(Cc2ccccc2)c(C)c1NC(=O)C(C)n1cc(Br)cn1. The highest BCUT2D eigenvalue weighted by molar-refractivity contribution is 9.10. The van der Waals surface area contributed by atoms with Crippen molar-refractivity contribution in [1.29, 1.82) is 0 Å². The van der Waals surface area contributed by atoms with Gasteiger partial charge in [0.25, 0.3) is 0 Å². The van der Waals surface area contributed by atoms with E-state index in [0.29, 0.717) is 6.54 Å². The maximum atomic E-state index is 12.6. The molecule has 0 aliphatic rings. The first-order chi connectivity index (χ1) is 12.0. The Morgan fingerprint density at radius 1 is 1.28 bits per heavy atom. The molecular formula is C18H20BrN5O. The molecule has 25 heavy (non-hydrogen) atoms. The monoisotopic (exact) mass is 401 g/mol. The largest absolute Gasteiger partial charge is 0.321 e. The maximum Gasteiger partial charge on any atom is 0.249 e. The molecule has 1 unspecified atom stereocenters. The number of carbonyl (C=O) groups excluding carboxylic acids is 1. The topological polar surface area (TPSA) is 64.7 Å². The van der Waals surface area contributed by atoms with Gasteiger partial charge in [0.05, 0.1) is 34.3 Å². The molecule has 0 aliphatic carbocycles. The van der Waals surface area contributed by atoms with Crippen molar-refractivity contribution < 1.29 is 4.79 Å². The van der Waals surface area contributed by atoms with Gasteiger partial charge in [-0.1, -0.05) is 30.3 Å². The normalized spacial score (nSPS) is 12.2. The highest BCUT2D eigenvalue weighted by Gasteiger charge is 2.20. The number of hydrogen-bond donors (Lipinski definition) is 1. The Balaban J connectivity index is 1.77. The third-order valence-corrected chi connectivity index (χ3v) is 4.56. The van der Waals surface area contributed by atoms with Gasteiger partial charge in [-0.05, 0) is 42.3 Å². The molecule has 0 fully saturated rings. The molecule has 2 aromatic heterocycles. The van der Waals surface area contributed by atoms with Crippen LogP contribution in [0.5, 0.6) is 0 Å². The van der Waals surface area contributed by atoms with Crippen molar-refractivity contribution in [2.24, 2.45) is 0 Å². The van der Waals surface area contributed by atoms with E-state index >= 15 is 0 Å². The number of rotatable bonds is 5. The molecule has 0 saturated carbocycles. The van der Waals surface area contributed by atoms with Crippen molar-refractivity contribution >= 4 is 27.5 Å². The summed E-state index contributed by atoms with van der Waals surface area (Å²) in [6, 6.07) is 9.72. The number of aromatic nitrogens is 4. The smallest absolute Gasteiger partial charge is 0.249 e. The van der Waals surface area contributed by atoms with Crippen LogP contribution in [0.15, 0.2) is 47.2 Å². The summed E-state index contributed by atoms with van der Waals surface area (Å²) in [6.45, 7) is 6.35. The Hall–Kier alpha value is -2.41. The summed E-state index contributed by atoms with van der Waals surface area (Å²) in [5, 5.41) is 11.7. The van der Waals surface area contributed by atoms with Crippen molar-refractivity contribution in [3.8, 4) is 0 Å².